The lowest BCUT2D eigenvalue weighted by atomic mass is 9.86. The molecule has 0 spiro atoms. The number of benzene rings is 1. The summed E-state index contributed by atoms with van der Waals surface area (Å²) in [5.41, 5.74) is 2.46. The van der Waals surface area contributed by atoms with Crippen molar-refractivity contribution in [1.82, 2.24) is 0 Å². The molecule has 2 aromatic rings. The number of hydrogen-bond acceptors (Lipinski definition) is 5. The first kappa shape index (κ1) is 20.1. The van der Waals surface area contributed by atoms with Crippen LogP contribution < -0.4 is 10.1 Å². The van der Waals surface area contributed by atoms with Crippen LogP contribution in [0, 0.1) is 0 Å². The third-order valence-electron chi connectivity index (χ3n) is 4.82. The number of hydrogen-bond donors (Lipinski definition) is 1. The monoisotopic (exact) mass is 399 g/mol. The Morgan fingerprint density at radius 1 is 1.29 bits per heavy atom. The average molecular weight is 400 g/mol. The molecule has 3 rings (SSSR count). The van der Waals surface area contributed by atoms with Crippen molar-refractivity contribution in [1.29, 1.82) is 0 Å². The van der Waals surface area contributed by atoms with Crippen molar-refractivity contribution in [2.45, 2.75) is 39.0 Å². The van der Waals surface area contributed by atoms with Gasteiger partial charge in [-0.25, -0.2) is 4.79 Å². The highest BCUT2D eigenvalue weighted by Gasteiger charge is 2.30. The summed E-state index contributed by atoms with van der Waals surface area (Å²) in [6.45, 7) is 4.22. The molecule has 0 fully saturated rings. The SMILES string of the molecule is CCOC(=O)c1c(NC(=O)/C=C/c2ccc(OC)cc2)sc2c1C(C)CCC2. The van der Waals surface area contributed by atoms with Gasteiger partial charge in [0.1, 0.15) is 10.8 Å². The van der Waals surface area contributed by atoms with Crippen molar-refractivity contribution in [3.63, 3.8) is 0 Å². The van der Waals surface area contributed by atoms with Gasteiger partial charge in [0.15, 0.2) is 0 Å². The van der Waals surface area contributed by atoms with Crippen molar-refractivity contribution >= 4 is 34.3 Å². The molecule has 5 nitrogen and oxygen atoms in total. The lowest BCUT2D eigenvalue weighted by Crippen LogP contribution is -2.15. The molecule has 6 heteroatoms. The molecular weight excluding hydrogens is 374 g/mol. The minimum Gasteiger partial charge on any atom is -0.497 e. The zero-order chi connectivity index (χ0) is 20.1. The normalized spacial score (nSPS) is 15.9. The van der Waals surface area contributed by atoms with Gasteiger partial charge in [-0.2, -0.15) is 0 Å². The minimum absolute atomic E-state index is 0.271. The summed E-state index contributed by atoms with van der Waals surface area (Å²) in [4.78, 5) is 26.2. The van der Waals surface area contributed by atoms with E-state index in [0.29, 0.717) is 23.1 Å². The fourth-order valence-electron chi connectivity index (χ4n) is 3.45. The summed E-state index contributed by atoms with van der Waals surface area (Å²) in [6.07, 6.45) is 6.28. The molecule has 1 aromatic carbocycles. The van der Waals surface area contributed by atoms with Crippen molar-refractivity contribution in [2.24, 2.45) is 0 Å². The number of fused-ring (bicyclic) bond motifs is 1. The number of aryl methyl sites for hydroxylation is 1. The van der Waals surface area contributed by atoms with Crippen LogP contribution in [-0.4, -0.2) is 25.6 Å². The summed E-state index contributed by atoms with van der Waals surface area (Å²) in [5, 5.41) is 3.47. The number of carbonyl (C=O) groups is 2. The second kappa shape index (κ2) is 9.06. The van der Waals surface area contributed by atoms with Gasteiger partial charge in [0.05, 0.1) is 19.3 Å². The maximum atomic E-state index is 12.6. The molecule has 1 aromatic heterocycles. The first-order valence-corrected chi connectivity index (χ1v) is 10.3. The molecule has 0 radical (unpaired) electrons. The number of rotatable bonds is 6. The number of methoxy groups -OCH3 is 1. The molecule has 148 valence electrons. The Morgan fingerprint density at radius 3 is 2.71 bits per heavy atom. The average Bonchev–Trinajstić information content (AvgIpc) is 3.06. The second-order valence-corrected chi connectivity index (χ2v) is 7.86. The second-order valence-electron chi connectivity index (χ2n) is 6.75. The van der Waals surface area contributed by atoms with Crippen LogP contribution in [0.25, 0.3) is 6.08 Å². The van der Waals surface area contributed by atoms with Gasteiger partial charge in [-0.3, -0.25) is 4.79 Å². The largest absolute Gasteiger partial charge is 0.497 e. The topological polar surface area (TPSA) is 64.6 Å². The molecule has 1 atom stereocenters. The number of nitrogens with one attached hydrogen (secondary N) is 1. The van der Waals surface area contributed by atoms with Crippen LogP contribution in [0.1, 0.15) is 59.0 Å². The van der Waals surface area contributed by atoms with Crippen molar-refractivity contribution < 1.29 is 19.1 Å². The summed E-state index contributed by atoms with van der Waals surface area (Å²) >= 11 is 1.49. The van der Waals surface area contributed by atoms with Crippen LogP contribution in [0.3, 0.4) is 0 Å². The number of anilines is 1. The first-order valence-electron chi connectivity index (χ1n) is 9.49. The van der Waals surface area contributed by atoms with Gasteiger partial charge in [-0.15, -0.1) is 11.3 Å². The number of thiophene rings is 1. The smallest absolute Gasteiger partial charge is 0.341 e. The molecule has 1 amide bonds. The Labute approximate surface area is 169 Å². The van der Waals surface area contributed by atoms with Gasteiger partial charge in [0.2, 0.25) is 5.91 Å². The van der Waals surface area contributed by atoms with Crippen molar-refractivity contribution in [3.8, 4) is 5.75 Å². The van der Waals surface area contributed by atoms with Crippen LogP contribution in [0.2, 0.25) is 0 Å². The Bertz CT molecular complexity index is 883. The summed E-state index contributed by atoms with van der Waals surface area (Å²) < 4.78 is 10.4. The fraction of sp³-hybridized carbons (Fsp3) is 0.364. The van der Waals surface area contributed by atoms with E-state index in [0.717, 1.165) is 36.1 Å². The van der Waals surface area contributed by atoms with Crippen LogP contribution >= 0.6 is 11.3 Å². The van der Waals surface area contributed by atoms with Gasteiger partial charge < -0.3 is 14.8 Å². The minimum atomic E-state index is -0.358. The third kappa shape index (κ3) is 4.44. The Morgan fingerprint density at radius 2 is 2.04 bits per heavy atom. The Balaban J connectivity index is 1.81. The van der Waals surface area contributed by atoms with Gasteiger partial charge in [0, 0.05) is 11.0 Å². The molecule has 0 saturated carbocycles. The highest BCUT2D eigenvalue weighted by molar-refractivity contribution is 7.17. The lowest BCUT2D eigenvalue weighted by molar-refractivity contribution is -0.111. The summed E-state index contributed by atoms with van der Waals surface area (Å²) in [6, 6.07) is 7.42. The standard InChI is InChI=1S/C22H25NO4S/c1-4-27-22(25)20-19-14(2)6-5-7-17(19)28-21(20)23-18(24)13-10-15-8-11-16(26-3)12-9-15/h8-14H,4-7H2,1-3H3,(H,23,24)/b13-10+. The number of amides is 1. The molecule has 0 bridgehead atoms. The quantitative estimate of drug-likeness (QED) is 0.547. The van der Waals surface area contributed by atoms with Crippen molar-refractivity contribution in [2.75, 3.05) is 19.0 Å². The number of carbonyl (C=O) groups excluding carboxylic acids is 2. The highest BCUT2D eigenvalue weighted by Crippen LogP contribution is 2.43. The van der Waals surface area contributed by atoms with E-state index in [9.17, 15) is 9.59 Å². The number of ether oxygens (including phenoxy) is 2. The Kier molecular flexibility index (Phi) is 6.52. The van der Waals surface area contributed by atoms with Crippen molar-refractivity contribution in [3.05, 3.63) is 51.9 Å². The highest BCUT2D eigenvalue weighted by atomic mass is 32.1. The summed E-state index contributed by atoms with van der Waals surface area (Å²) in [5.74, 6) is 0.426. The predicted molar refractivity (Wildman–Crippen MR) is 112 cm³/mol. The molecule has 1 unspecified atom stereocenters. The van der Waals surface area contributed by atoms with E-state index in [1.807, 2.05) is 24.3 Å². The first-order chi connectivity index (χ1) is 13.5. The van der Waals surface area contributed by atoms with Crippen LogP contribution in [0.15, 0.2) is 30.3 Å². The van der Waals surface area contributed by atoms with E-state index in [2.05, 4.69) is 12.2 Å². The molecule has 1 heterocycles. The van der Waals surface area contributed by atoms with E-state index < -0.39 is 0 Å². The molecule has 28 heavy (non-hydrogen) atoms. The predicted octanol–water partition coefficient (Wildman–Crippen LogP) is 5.03. The fourth-order valence-corrected chi connectivity index (χ4v) is 4.80. The number of esters is 1. The summed E-state index contributed by atoms with van der Waals surface area (Å²) in [7, 11) is 1.61. The van der Waals surface area contributed by atoms with Crippen LogP contribution in [0.4, 0.5) is 5.00 Å². The van der Waals surface area contributed by atoms with E-state index in [4.69, 9.17) is 9.47 Å². The molecule has 1 aliphatic carbocycles. The van der Waals surface area contributed by atoms with E-state index >= 15 is 0 Å². The van der Waals surface area contributed by atoms with Gasteiger partial charge in [-0.05, 0) is 61.4 Å². The maximum Gasteiger partial charge on any atom is 0.341 e. The maximum absolute atomic E-state index is 12.6. The Hall–Kier alpha value is -2.60. The molecular formula is C22H25NO4S. The van der Waals surface area contributed by atoms with E-state index in [1.54, 1.807) is 20.1 Å². The molecule has 1 N–H and O–H groups in total. The van der Waals surface area contributed by atoms with E-state index in [-0.39, 0.29) is 11.9 Å². The third-order valence-corrected chi connectivity index (χ3v) is 6.00. The zero-order valence-electron chi connectivity index (χ0n) is 16.4. The van der Waals surface area contributed by atoms with E-state index in [1.165, 1.54) is 22.3 Å². The van der Waals surface area contributed by atoms with Gasteiger partial charge >= 0.3 is 5.97 Å². The molecule has 1 aliphatic rings. The zero-order valence-corrected chi connectivity index (χ0v) is 17.2. The van der Waals surface area contributed by atoms with Crippen LogP contribution in [0.5, 0.6) is 5.75 Å². The molecule has 0 aliphatic heterocycles. The van der Waals surface area contributed by atoms with Gasteiger partial charge in [-0.1, -0.05) is 19.1 Å². The lowest BCUT2D eigenvalue weighted by Gasteiger charge is -2.19. The van der Waals surface area contributed by atoms with Crippen LogP contribution in [-0.2, 0) is 16.0 Å². The van der Waals surface area contributed by atoms with Gasteiger partial charge in [0.25, 0.3) is 0 Å². The molecule has 0 saturated heterocycles.